The van der Waals surface area contributed by atoms with E-state index in [1.807, 2.05) is 0 Å². The third-order valence-corrected chi connectivity index (χ3v) is 5.54. The van der Waals surface area contributed by atoms with Crippen LogP contribution in [0.25, 0.3) is 0 Å². The minimum absolute atomic E-state index is 0.245. The lowest BCUT2D eigenvalue weighted by Crippen LogP contribution is -2.57. The lowest BCUT2D eigenvalue weighted by Gasteiger charge is -2.37. The van der Waals surface area contributed by atoms with Crippen molar-refractivity contribution in [2.75, 3.05) is 13.1 Å². The average Bonchev–Trinajstić information content (AvgIpc) is 2.38. The van der Waals surface area contributed by atoms with E-state index in [-0.39, 0.29) is 22.7 Å². The molecule has 0 saturated carbocycles. The zero-order valence-corrected chi connectivity index (χ0v) is 12.1. The summed E-state index contributed by atoms with van der Waals surface area (Å²) in [5.41, 5.74) is -0.384. The molecule has 0 spiro atoms. The molecule has 8 heteroatoms. The first-order valence-corrected chi connectivity index (χ1v) is 7.77. The van der Waals surface area contributed by atoms with Crippen molar-refractivity contribution < 1.29 is 13.3 Å². The van der Waals surface area contributed by atoms with Crippen LogP contribution in [0.2, 0.25) is 0 Å². The number of rotatable bonds is 3. The topological polar surface area (TPSA) is 92.6 Å². The molecule has 2 atom stereocenters. The monoisotopic (exact) mass is 299 g/mol. The number of benzene rings is 1. The Kier molecular flexibility index (Phi) is 4.07. The zero-order valence-electron chi connectivity index (χ0n) is 11.3. The van der Waals surface area contributed by atoms with E-state index in [2.05, 4.69) is 5.32 Å². The van der Waals surface area contributed by atoms with Gasteiger partial charge in [-0.25, -0.2) is 8.42 Å². The first-order valence-electron chi connectivity index (χ1n) is 6.33. The number of sulfonamides is 1. The Morgan fingerprint density at radius 3 is 2.35 bits per heavy atom. The molecule has 20 heavy (non-hydrogen) atoms. The highest BCUT2D eigenvalue weighted by Gasteiger charge is 2.38. The Bertz CT molecular complexity index is 607. The molecule has 0 aliphatic carbocycles. The maximum absolute atomic E-state index is 12.7. The molecule has 1 aromatic rings. The number of nitro groups is 1. The van der Waals surface area contributed by atoms with Gasteiger partial charge in [-0.1, -0.05) is 12.1 Å². The summed E-state index contributed by atoms with van der Waals surface area (Å²) in [5.74, 6) is 0. The molecule has 1 aliphatic heterocycles. The van der Waals surface area contributed by atoms with Gasteiger partial charge in [0.1, 0.15) is 0 Å². The number of nitrogens with one attached hydrogen (secondary N) is 1. The van der Waals surface area contributed by atoms with E-state index in [0.717, 1.165) is 0 Å². The standard InChI is InChI=1S/C12H17N3O4S/c1-9-7-13-8-10(2)14(9)20(18,19)12-6-4-3-5-11(12)15(16)17/h3-6,9-10,13H,7-8H2,1-2H3/t9-,10+. The van der Waals surface area contributed by atoms with Crippen LogP contribution >= 0.6 is 0 Å². The predicted octanol–water partition coefficient (Wildman–Crippen LogP) is 0.966. The van der Waals surface area contributed by atoms with Crippen LogP contribution in [0.5, 0.6) is 0 Å². The molecular formula is C12H17N3O4S. The second-order valence-corrected chi connectivity index (χ2v) is 6.73. The van der Waals surface area contributed by atoms with Gasteiger partial charge in [0.15, 0.2) is 4.90 Å². The third kappa shape index (κ3) is 2.54. The van der Waals surface area contributed by atoms with Crippen LogP contribution in [-0.2, 0) is 10.0 Å². The van der Waals surface area contributed by atoms with Crippen LogP contribution in [-0.4, -0.2) is 42.8 Å². The quantitative estimate of drug-likeness (QED) is 0.663. The number of nitro benzene ring substituents is 1. The van der Waals surface area contributed by atoms with Gasteiger partial charge in [0.25, 0.3) is 5.69 Å². The lowest BCUT2D eigenvalue weighted by molar-refractivity contribution is -0.387. The van der Waals surface area contributed by atoms with Gasteiger partial charge in [-0.05, 0) is 19.9 Å². The molecule has 0 aromatic heterocycles. The predicted molar refractivity (Wildman–Crippen MR) is 73.9 cm³/mol. The zero-order chi connectivity index (χ0) is 14.9. The number of nitrogens with zero attached hydrogens (tertiary/aromatic N) is 2. The van der Waals surface area contributed by atoms with Crippen molar-refractivity contribution in [3.05, 3.63) is 34.4 Å². The van der Waals surface area contributed by atoms with Crippen LogP contribution in [0, 0.1) is 10.1 Å². The number of hydrogen-bond donors (Lipinski definition) is 1. The minimum Gasteiger partial charge on any atom is -0.314 e. The molecule has 1 aliphatic rings. The molecule has 0 radical (unpaired) electrons. The van der Waals surface area contributed by atoms with Gasteiger partial charge < -0.3 is 5.32 Å². The van der Waals surface area contributed by atoms with E-state index in [9.17, 15) is 18.5 Å². The van der Waals surface area contributed by atoms with Crippen molar-refractivity contribution in [2.24, 2.45) is 0 Å². The molecular weight excluding hydrogens is 282 g/mol. The smallest absolute Gasteiger partial charge is 0.289 e. The Balaban J connectivity index is 2.52. The third-order valence-electron chi connectivity index (χ3n) is 3.37. The second kappa shape index (κ2) is 5.47. The van der Waals surface area contributed by atoms with Crippen molar-refractivity contribution >= 4 is 15.7 Å². The Labute approximate surface area is 117 Å². The highest BCUT2D eigenvalue weighted by atomic mass is 32.2. The molecule has 0 unspecified atom stereocenters. The van der Waals surface area contributed by atoms with Crippen LogP contribution < -0.4 is 5.32 Å². The Hall–Kier alpha value is -1.51. The first kappa shape index (κ1) is 14.9. The summed E-state index contributed by atoms with van der Waals surface area (Å²) in [4.78, 5) is 10.1. The Morgan fingerprint density at radius 1 is 1.25 bits per heavy atom. The van der Waals surface area contributed by atoms with Crippen molar-refractivity contribution in [1.82, 2.24) is 9.62 Å². The molecule has 1 N–H and O–H groups in total. The fourth-order valence-electron chi connectivity index (χ4n) is 2.53. The average molecular weight is 299 g/mol. The summed E-state index contributed by atoms with van der Waals surface area (Å²) in [6.07, 6.45) is 0. The first-order chi connectivity index (χ1) is 9.35. The van der Waals surface area contributed by atoms with Crippen molar-refractivity contribution in [2.45, 2.75) is 30.8 Å². The maximum Gasteiger partial charge on any atom is 0.289 e. The number of hydrogen-bond acceptors (Lipinski definition) is 5. The van der Waals surface area contributed by atoms with E-state index in [0.29, 0.717) is 13.1 Å². The van der Waals surface area contributed by atoms with Gasteiger partial charge in [0.2, 0.25) is 10.0 Å². The number of para-hydroxylation sites is 1. The van der Waals surface area contributed by atoms with Gasteiger partial charge in [-0.2, -0.15) is 4.31 Å². The molecule has 1 saturated heterocycles. The summed E-state index contributed by atoms with van der Waals surface area (Å²) in [7, 11) is -3.88. The Morgan fingerprint density at radius 2 is 1.80 bits per heavy atom. The molecule has 2 rings (SSSR count). The van der Waals surface area contributed by atoms with Crippen LogP contribution in [0.3, 0.4) is 0 Å². The molecule has 7 nitrogen and oxygen atoms in total. The van der Waals surface area contributed by atoms with Crippen LogP contribution in [0.1, 0.15) is 13.8 Å². The van der Waals surface area contributed by atoms with Crippen molar-refractivity contribution in [3.8, 4) is 0 Å². The highest BCUT2D eigenvalue weighted by molar-refractivity contribution is 7.89. The van der Waals surface area contributed by atoms with E-state index < -0.39 is 14.9 Å². The van der Waals surface area contributed by atoms with Gasteiger partial charge in [-0.3, -0.25) is 10.1 Å². The maximum atomic E-state index is 12.7. The summed E-state index contributed by atoms with van der Waals surface area (Å²) in [5, 5.41) is 14.2. The summed E-state index contributed by atoms with van der Waals surface area (Å²) in [6, 6.07) is 4.96. The summed E-state index contributed by atoms with van der Waals surface area (Å²) >= 11 is 0. The SMILES string of the molecule is C[C@@H]1CNC[C@H](C)N1S(=O)(=O)c1ccccc1[N+](=O)[O-]. The minimum atomic E-state index is -3.88. The molecule has 0 amide bonds. The van der Waals surface area contributed by atoms with Crippen LogP contribution in [0.4, 0.5) is 5.69 Å². The molecule has 110 valence electrons. The molecule has 1 heterocycles. The van der Waals surface area contributed by atoms with Gasteiger partial charge >= 0.3 is 0 Å². The van der Waals surface area contributed by atoms with Gasteiger partial charge in [0.05, 0.1) is 4.92 Å². The largest absolute Gasteiger partial charge is 0.314 e. The lowest BCUT2D eigenvalue weighted by atomic mass is 10.2. The fourth-order valence-corrected chi connectivity index (χ4v) is 4.51. The molecule has 1 aromatic carbocycles. The van der Waals surface area contributed by atoms with Crippen molar-refractivity contribution in [1.29, 1.82) is 0 Å². The number of piperazine rings is 1. The fraction of sp³-hybridized carbons (Fsp3) is 0.500. The summed E-state index contributed by atoms with van der Waals surface area (Å²) < 4.78 is 26.8. The van der Waals surface area contributed by atoms with Crippen LogP contribution in [0.15, 0.2) is 29.2 Å². The second-order valence-electron chi connectivity index (χ2n) is 4.92. The highest BCUT2D eigenvalue weighted by Crippen LogP contribution is 2.29. The van der Waals surface area contributed by atoms with E-state index in [1.54, 1.807) is 13.8 Å². The van der Waals surface area contributed by atoms with Gasteiger partial charge in [0, 0.05) is 31.2 Å². The van der Waals surface area contributed by atoms with E-state index >= 15 is 0 Å². The summed E-state index contributed by atoms with van der Waals surface area (Å²) in [6.45, 7) is 4.64. The normalized spacial score (nSPS) is 24.5. The molecule has 1 fully saturated rings. The molecule has 0 bridgehead atoms. The van der Waals surface area contributed by atoms with Crippen molar-refractivity contribution in [3.63, 3.8) is 0 Å². The van der Waals surface area contributed by atoms with E-state index in [4.69, 9.17) is 0 Å². The van der Waals surface area contributed by atoms with Gasteiger partial charge in [-0.15, -0.1) is 0 Å². The van der Waals surface area contributed by atoms with E-state index in [1.165, 1.54) is 28.6 Å².